The third-order valence-electron chi connectivity index (χ3n) is 10.3. The first kappa shape index (κ1) is 35.2. The summed E-state index contributed by atoms with van der Waals surface area (Å²) in [5.74, 6) is -2.76. The van der Waals surface area contributed by atoms with Crippen molar-refractivity contribution >= 4 is 16.1 Å². The summed E-state index contributed by atoms with van der Waals surface area (Å²) >= 11 is 0. The summed E-state index contributed by atoms with van der Waals surface area (Å²) in [6.07, 6.45) is 11.6. The summed E-state index contributed by atoms with van der Waals surface area (Å²) in [5, 5.41) is 23.5. The summed E-state index contributed by atoms with van der Waals surface area (Å²) in [6, 6.07) is 0. The number of hydrogen-bond donors (Lipinski definition) is 2. The maximum absolute atomic E-state index is 14.2. The highest BCUT2D eigenvalue weighted by Gasteiger charge is 2.61. The van der Waals surface area contributed by atoms with E-state index >= 15 is 0 Å². The van der Waals surface area contributed by atoms with Gasteiger partial charge in [0.15, 0.2) is 5.79 Å². The maximum atomic E-state index is 14.2. The lowest BCUT2D eigenvalue weighted by Gasteiger charge is -2.48. The monoisotopic (exact) mass is 662 g/mol. The van der Waals surface area contributed by atoms with Crippen LogP contribution in [0.4, 0.5) is 0 Å². The molecule has 0 unspecified atom stereocenters. The normalized spacial score (nSPS) is 45.5. The van der Waals surface area contributed by atoms with Crippen molar-refractivity contribution in [2.75, 3.05) is 12.9 Å². The molecule has 12 atom stereocenters. The summed E-state index contributed by atoms with van der Waals surface area (Å²) in [5.41, 5.74) is -0.328. The summed E-state index contributed by atoms with van der Waals surface area (Å²) < 4.78 is 55.4. The third kappa shape index (κ3) is 7.02. The second kappa shape index (κ2) is 13.4. The first-order valence-corrected chi connectivity index (χ1v) is 18.3. The van der Waals surface area contributed by atoms with Gasteiger partial charge in [-0.05, 0) is 49.0 Å². The number of carbonyl (C=O) groups excluding carboxylic acids is 1. The van der Waals surface area contributed by atoms with Crippen molar-refractivity contribution in [2.24, 2.45) is 23.7 Å². The standard InChI is InChI=1S/C35H50O10S/c1-8-20(2)30-23(5)14-15-34(44-30)18-27-17-26(43-34)13-12-22(4)29(36)21(3)10-9-11-25-19-41-32-31(45-46(7,39)40)24(6)16-28(33(37)42-27)35(25,32)38/h9-12,14-16,20-21,23,26-32,36,38H,8,13,17-19H2,1-7H3/b10-9+,22-12+,25-11+/t20-,21-,23-,26+,27-,28-,29-,30+,31+,32+,34+,35+/m0/s1. The molecule has 0 aromatic carbocycles. The predicted octanol–water partition coefficient (Wildman–Crippen LogP) is 4.29. The molecule has 2 N–H and O–H groups in total. The zero-order valence-electron chi connectivity index (χ0n) is 27.9. The van der Waals surface area contributed by atoms with Crippen molar-refractivity contribution in [1.82, 2.24) is 0 Å². The average Bonchev–Trinajstić information content (AvgIpc) is 3.33. The van der Waals surface area contributed by atoms with Gasteiger partial charge in [-0.3, -0.25) is 8.98 Å². The minimum atomic E-state index is -3.93. The molecule has 11 heteroatoms. The number of ether oxygens (including phenoxy) is 4. The van der Waals surface area contributed by atoms with E-state index in [1.807, 2.05) is 32.1 Å². The number of aliphatic hydroxyl groups is 2. The van der Waals surface area contributed by atoms with Gasteiger partial charge < -0.3 is 29.2 Å². The highest BCUT2D eigenvalue weighted by molar-refractivity contribution is 7.86. The summed E-state index contributed by atoms with van der Waals surface area (Å²) in [7, 11) is -3.93. The van der Waals surface area contributed by atoms with Gasteiger partial charge in [0.1, 0.15) is 29.8 Å². The Labute approximate surface area is 273 Å². The van der Waals surface area contributed by atoms with E-state index in [9.17, 15) is 23.4 Å². The second-order valence-electron chi connectivity index (χ2n) is 14.0. The van der Waals surface area contributed by atoms with E-state index in [1.54, 1.807) is 19.1 Å². The molecule has 0 saturated carbocycles. The number of allylic oxidation sites excluding steroid dienone is 2. The summed E-state index contributed by atoms with van der Waals surface area (Å²) in [6.45, 7) is 11.8. The Morgan fingerprint density at radius 1 is 1.11 bits per heavy atom. The van der Waals surface area contributed by atoms with Crippen LogP contribution in [0.15, 0.2) is 59.3 Å². The molecule has 0 aromatic rings. The average molecular weight is 663 g/mol. The van der Waals surface area contributed by atoms with E-state index in [4.69, 9.17) is 23.1 Å². The Hall–Kier alpha value is -2.12. The maximum Gasteiger partial charge on any atom is 0.316 e. The Bertz CT molecular complexity index is 1430. The number of fused-ring (bicyclic) bond motifs is 2. The van der Waals surface area contributed by atoms with Crippen LogP contribution in [-0.4, -0.2) is 85.5 Å². The minimum absolute atomic E-state index is 0.0494. The lowest BCUT2D eigenvalue weighted by molar-refractivity contribution is -0.300. The van der Waals surface area contributed by atoms with Gasteiger partial charge in [0.25, 0.3) is 10.1 Å². The minimum Gasteiger partial charge on any atom is -0.462 e. The number of carbonyl (C=O) groups is 1. The molecule has 10 nitrogen and oxygen atoms in total. The lowest BCUT2D eigenvalue weighted by atomic mass is 9.71. The Kier molecular flexibility index (Phi) is 10.3. The van der Waals surface area contributed by atoms with Gasteiger partial charge in [-0.15, -0.1) is 0 Å². The molecular weight excluding hydrogens is 612 g/mol. The molecule has 0 amide bonds. The van der Waals surface area contributed by atoms with Crippen molar-refractivity contribution in [2.45, 2.75) is 115 Å². The second-order valence-corrected chi connectivity index (χ2v) is 15.6. The molecule has 5 aliphatic rings. The van der Waals surface area contributed by atoms with Crippen LogP contribution in [0.1, 0.15) is 67.2 Å². The molecule has 5 rings (SSSR count). The van der Waals surface area contributed by atoms with Crippen molar-refractivity contribution in [3.05, 3.63) is 59.3 Å². The number of hydrogen-bond acceptors (Lipinski definition) is 10. The highest BCUT2D eigenvalue weighted by atomic mass is 32.2. The zero-order chi connectivity index (χ0) is 33.6. The van der Waals surface area contributed by atoms with E-state index in [0.29, 0.717) is 24.0 Å². The molecule has 1 spiro atoms. The first-order chi connectivity index (χ1) is 21.6. The van der Waals surface area contributed by atoms with Crippen LogP contribution >= 0.6 is 0 Å². The van der Waals surface area contributed by atoms with E-state index in [0.717, 1.165) is 18.2 Å². The van der Waals surface area contributed by atoms with Crippen molar-refractivity contribution in [3.63, 3.8) is 0 Å². The number of rotatable bonds is 4. The first-order valence-electron chi connectivity index (χ1n) is 16.5. The van der Waals surface area contributed by atoms with Gasteiger partial charge in [0.2, 0.25) is 0 Å². The van der Waals surface area contributed by atoms with Gasteiger partial charge in [0.05, 0.1) is 31.2 Å². The van der Waals surface area contributed by atoms with E-state index in [-0.39, 0.29) is 43.0 Å². The predicted molar refractivity (Wildman–Crippen MR) is 172 cm³/mol. The van der Waals surface area contributed by atoms with Crippen molar-refractivity contribution in [3.8, 4) is 0 Å². The van der Waals surface area contributed by atoms with Gasteiger partial charge in [-0.2, -0.15) is 8.42 Å². The van der Waals surface area contributed by atoms with Crippen molar-refractivity contribution in [1.29, 1.82) is 0 Å². The van der Waals surface area contributed by atoms with Crippen LogP contribution in [0, 0.1) is 23.7 Å². The molecule has 46 heavy (non-hydrogen) atoms. The molecule has 2 fully saturated rings. The van der Waals surface area contributed by atoms with Gasteiger partial charge >= 0.3 is 5.97 Å². The molecule has 256 valence electrons. The molecular formula is C35H50O10S. The Morgan fingerprint density at radius 3 is 2.54 bits per heavy atom. The Balaban J connectivity index is 1.57. The van der Waals surface area contributed by atoms with Crippen LogP contribution in [0.5, 0.6) is 0 Å². The third-order valence-corrected chi connectivity index (χ3v) is 10.9. The number of esters is 1. The van der Waals surface area contributed by atoms with Crippen LogP contribution in [0.25, 0.3) is 0 Å². The zero-order valence-corrected chi connectivity index (χ0v) is 28.7. The van der Waals surface area contributed by atoms with E-state index in [2.05, 4.69) is 26.8 Å². The molecule has 0 radical (unpaired) electrons. The Morgan fingerprint density at radius 2 is 1.85 bits per heavy atom. The molecule has 4 aliphatic heterocycles. The van der Waals surface area contributed by atoms with Gasteiger partial charge in [0, 0.05) is 24.7 Å². The SMILES string of the molecule is CC[C@H](C)[C@H]1O[C@]2(C=C[C@@H]1C)C[C@@H]1C[C@@H](C/C=C(\C)[C@@H](O)[C@@H](C)/C=C/C=C3\CO[C@@H]4[C@H](OS(C)(=O)=O)C(C)=C[C@@H](C(=O)O1)[C@]34O)O2. The van der Waals surface area contributed by atoms with Crippen molar-refractivity contribution < 1.29 is 46.6 Å². The van der Waals surface area contributed by atoms with E-state index < -0.39 is 57.8 Å². The lowest BCUT2D eigenvalue weighted by Crippen LogP contribution is -2.59. The van der Waals surface area contributed by atoms with Gasteiger partial charge in [-0.1, -0.05) is 70.6 Å². The fraction of sp³-hybridized carbons (Fsp3) is 0.686. The molecule has 2 bridgehead atoms. The molecule has 0 aromatic heterocycles. The molecule has 2 saturated heterocycles. The fourth-order valence-corrected chi connectivity index (χ4v) is 8.08. The van der Waals surface area contributed by atoms with Crippen LogP contribution < -0.4 is 0 Å². The van der Waals surface area contributed by atoms with Crippen LogP contribution in [0.2, 0.25) is 0 Å². The van der Waals surface area contributed by atoms with Crippen LogP contribution in [0.3, 0.4) is 0 Å². The topological polar surface area (TPSA) is 138 Å². The number of aliphatic hydroxyl groups excluding tert-OH is 1. The highest BCUT2D eigenvalue weighted by Crippen LogP contribution is 2.48. The fourth-order valence-electron chi connectivity index (χ4n) is 7.45. The summed E-state index contributed by atoms with van der Waals surface area (Å²) in [4.78, 5) is 14.2. The molecule has 1 aliphatic carbocycles. The largest absolute Gasteiger partial charge is 0.462 e. The van der Waals surface area contributed by atoms with Crippen LogP contribution in [-0.2, 0) is 38.0 Å². The molecule has 4 heterocycles. The quantitative estimate of drug-likeness (QED) is 0.255. The van der Waals surface area contributed by atoms with Gasteiger partial charge in [-0.25, -0.2) is 0 Å². The van der Waals surface area contributed by atoms with E-state index in [1.165, 1.54) is 6.08 Å². The smallest absolute Gasteiger partial charge is 0.316 e.